The summed E-state index contributed by atoms with van der Waals surface area (Å²) in [6.07, 6.45) is -0.807. The zero-order valence-electron chi connectivity index (χ0n) is 13.8. The van der Waals surface area contributed by atoms with Crippen molar-refractivity contribution in [2.24, 2.45) is 0 Å². The average Bonchev–Trinajstić information content (AvgIpc) is 3.05. The summed E-state index contributed by atoms with van der Waals surface area (Å²) in [4.78, 5) is 20.3. The van der Waals surface area contributed by atoms with E-state index < -0.39 is 36.6 Å². The molecule has 3 unspecified atom stereocenters. The largest absolute Gasteiger partial charge is 0.462 e. The first kappa shape index (κ1) is 17.5. The molecule has 1 aliphatic rings. The molecule has 10 nitrogen and oxygen atoms in total. The van der Waals surface area contributed by atoms with Crippen molar-refractivity contribution < 1.29 is 29.6 Å². The zero-order chi connectivity index (χ0) is 18.4. The molecule has 0 aromatic carbocycles. The van der Waals surface area contributed by atoms with Gasteiger partial charge < -0.3 is 35.1 Å². The third-order valence-electron chi connectivity index (χ3n) is 4.32. The van der Waals surface area contributed by atoms with E-state index in [4.69, 9.17) is 15.2 Å². The molecule has 0 spiro atoms. The zero-order valence-corrected chi connectivity index (χ0v) is 13.8. The maximum absolute atomic E-state index is 12.2. The van der Waals surface area contributed by atoms with Gasteiger partial charge >= 0.3 is 5.97 Å². The number of aliphatic hydroxyl groups is 3. The van der Waals surface area contributed by atoms with Gasteiger partial charge in [-0.25, -0.2) is 14.8 Å². The van der Waals surface area contributed by atoms with Crippen molar-refractivity contribution in [3.8, 4) is 0 Å². The lowest BCUT2D eigenvalue weighted by atomic mass is 9.96. The SMILES string of the molecule is CCOC(=O)c1cn(C2OC(CO)[C@@H](O)C2(C)O)c2ncnc(N)c12. The highest BCUT2D eigenvalue weighted by atomic mass is 16.6. The molecule has 2 aromatic rings. The molecule has 2 aromatic heterocycles. The lowest BCUT2D eigenvalue weighted by Gasteiger charge is -2.27. The van der Waals surface area contributed by atoms with Gasteiger partial charge in [-0.2, -0.15) is 0 Å². The van der Waals surface area contributed by atoms with E-state index in [0.717, 1.165) is 0 Å². The molecule has 10 heteroatoms. The van der Waals surface area contributed by atoms with Crippen molar-refractivity contribution in [1.29, 1.82) is 0 Å². The quantitative estimate of drug-likeness (QED) is 0.517. The Balaban J connectivity index is 2.18. The van der Waals surface area contributed by atoms with Crippen LogP contribution in [0.3, 0.4) is 0 Å². The van der Waals surface area contributed by atoms with Crippen molar-refractivity contribution in [2.75, 3.05) is 18.9 Å². The summed E-state index contributed by atoms with van der Waals surface area (Å²) >= 11 is 0. The van der Waals surface area contributed by atoms with Crippen molar-refractivity contribution in [1.82, 2.24) is 14.5 Å². The van der Waals surface area contributed by atoms with Gasteiger partial charge in [0.15, 0.2) is 6.23 Å². The molecular formula is C15H20N4O6. The van der Waals surface area contributed by atoms with E-state index >= 15 is 0 Å². The number of ether oxygens (including phenoxy) is 2. The van der Waals surface area contributed by atoms with Gasteiger partial charge in [-0.1, -0.05) is 0 Å². The fraction of sp³-hybridized carbons (Fsp3) is 0.533. The summed E-state index contributed by atoms with van der Waals surface area (Å²) in [5, 5.41) is 30.4. The molecule has 136 valence electrons. The van der Waals surface area contributed by atoms with Crippen LogP contribution in [-0.2, 0) is 9.47 Å². The van der Waals surface area contributed by atoms with E-state index in [1.807, 2.05) is 0 Å². The van der Waals surface area contributed by atoms with E-state index in [1.165, 1.54) is 24.0 Å². The highest BCUT2D eigenvalue weighted by Gasteiger charge is 2.53. The van der Waals surface area contributed by atoms with E-state index in [9.17, 15) is 20.1 Å². The van der Waals surface area contributed by atoms with Crippen LogP contribution in [0.5, 0.6) is 0 Å². The topological polar surface area (TPSA) is 153 Å². The fourth-order valence-corrected chi connectivity index (χ4v) is 3.04. The van der Waals surface area contributed by atoms with Crippen molar-refractivity contribution in [3.63, 3.8) is 0 Å². The van der Waals surface area contributed by atoms with Gasteiger partial charge in [-0.05, 0) is 13.8 Å². The molecule has 4 atom stereocenters. The molecule has 3 heterocycles. The Morgan fingerprint density at radius 2 is 2.24 bits per heavy atom. The number of carbonyl (C=O) groups excluding carboxylic acids is 1. The summed E-state index contributed by atoms with van der Waals surface area (Å²) in [6, 6.07) is 0. The second-order valence-corrected chi connectivity index (χ2v) is 6.01. The fourth-order valence-electron chi connectivity index (χ4n) is 3.04. The molecule has 3 rings (SSSR count). The molecule has 0 saturated carbocycles. The summed E-state index contributed by atoms with van der Waals surface area (Å²) < 4.78 is 12.0. The number of hydrogen-bond donors (Lipinski definition) is 4. The molecule has 0 amide bonds. The first-order chi connectivity index (χ1) is 11.8. The van der Waals surface area contributed by atoms with Crippen molar-refractivity contribution in [2.45, 2.75) is 37.9 Å². The first-order valence-electron chi connectivity index (χ1n) is 7.77. The smallest absolute Gasteiger partial charge is 0.340 e. The minimum atomic E-state index is -1.73. The molecule has 1 fully saturated rings. The Bertz CT molecular complexity index is 805. The molecule has 25 heavy (non-hydrogen) atoms. The molecule has 5 N–H and O–H groups in total. The Kier molecular flexibility index (Phi) is 4.37. The molecular weight excluding hydrogens is 332 g/mol. The predicted octanol–water partition coefficient (Wildman–Crippen LogP) is -0.808. The standard InChI is InChI=1S/C15H20N4O6/c1-3-24-13(22)7-4-19(12-9(7)11(16)17-6-18-12)14-15(2,23)10(21)8(5-20)25-14/h4,6,8,10,14,20-21,23H,3,5H2,1-2H3,(H2,16,17,18)/t8?,10-,14?,15?/m1/s1. The summed E-state index contributed by atoms with van der Waals surface area (Å²) in [5.41, 5.74) is 4.52. The van der Waals surface area contributed by atoms with Gasteiger partial charge in [0.05, 0.1) is 24.2 Å². The normalized spacial score (nSPS) is 29.2. The van der Waals surface area contributed by atoms with Crippen molar-refractivity contribution in [3.05, 3.63) is 18.1 Å². The maximum Gasteiger partial charge on any atom is 0.340 e. The van der Waals surface area contributed by atoms with E-state index in [1.54, 1.807) is 6.92 Å². The van der Waals surface area contributed by atoms with Crippen LogP contribution in [0.4, 0.5) is 5.82 Å². The van der Waals surface area contributed by atoms with Gasteiger partial charge in [-0.3, -0.25) is 0 Å². The monoisotopic (exact) mass is 352 g/mol. The number of nitrogens with two attached hydrogens (primary N) is 1. The Labute approximate surface area is 142 Å². The summed E-state index contributed by atoms with van der Waals surface area (Å²) in [7, 11) is 0. The number of anilines is 1. The van der Waals surface area contributed by atoms with Crippen LogP contribution >= 0.6 is 0 Å². The van der Waals surface area contributed by atoms with Crippen LogP contribution in [0.1, 0.15) is 30.4 Å². The second-order valence-electron chi connectivity index (χ2n) is 6.01. The average molecular weight is 352 g/mol. The second kappa shape index (κ2) is 6.23. The molecule has 1 saturated heterocycles. The number of carbonyl (C=O) groups is 1. The van der Waals surface area contributed by atoms with Crippen LogP contribution in [0.25, 0.3) is 11.0 Å². The van der Waals surface area contributed by atoms with Crippen LogP contribution in [0, 0.1) is 0 Å². The summed E-state index contributed by atoms with van der Waals surface area (Å²) in [5.74, 6) is -0.548. The highest BCUT2D eigenvalue weighted by molar-refractivity contribution is 6.07. The van der Waals surface area contributed by atoms with Gasteiger partial charge in [-0.15, -0.1) is 0 Å². The number of fused-ring (bicyclic) bond motifs is 1. The van der Waals surface area contributed by atoms with Crippen LogP contribution < -0.4 is 5.73 Å². The Morgan fingerprint density at radius 3 is 2.84 bits per heavy atom. The highest BCUT2D eigenvalue weighted by Crippen LogP contribution is 2.40. The number of nitrogen functional groups attached to an aromatic ring is 1. The van der Waals surface area contributed by atoms with Crippen molar-refractivity contribution >= 4 is 22.8 Å². The first-order valence-corrected chi connectivity index (χ1v) is 7.77. The van der Waals surface area contributed by atoms with E-state index in [0.29, 0.717) is 0 Å². The molecule has 0 aliphatic carbocycles. The number of nitrogens with zero attached hydrogens (tertiary/aromatic N) is 3. The molecule has 1 aliphatic heterocycles. The number of aliphatic hydroxyl groups excluding tert-OH is 2. The Hall–Kier alpha value is -2.27. The summed E-state index contributed by atoms with van der Waals surface area (Å²) in [6.45, 7) is 2.74. The van der Waals surface area contributed by atoms with E-state index in [-0.39, 0.29) is 29.0 Å². The maximum atomic E-state index is 12.2. The number of rotatable bonds is 4. The van der Waals surface area contributed by atoms with Crippen LogP contribution in [-0.4, -0.2) is 66.8 Å². The van der Waals surface area contributed by atoms with Gasteiger partial charge in [0, 0.05) is 6.20 Å². The molecule has 0 radical (unpaired) electrons. The Morgan fingerprint density at radius 1 is 1.52 bits per heavy atom. The van der Waals surface area contributed by atoms with Crippen LogP contribution in [0.2, 0.25) is 0 Å². The van der Waals surface area contributed by atoms with Crippen LogP contribution in [0.15, 0.2) is 12.5 Å². The minimum Gasteiger partial charge on any atom is -0.462 e. The van der Waals surface area contributed by atoms with E-state index in [2.05, 4.69) is 9.97 Å². The number of esters is 1. The third-order valence-corrected chi connectivity index (χ3v) is 4.32. The number of aromatic nitrogens is 3. The van der Waals surface area contributed by atoms with Gasteiger partial charge in [0.1, 0.15) is 35.6 Å². The lowest BCUT2D eigenvalue weighted by molar-refractivity contribution is -0.0948. The lowest BCUT2D eigenvalue weighted by Crippen LogP contribution is -2.44. The van der Waals surface area contributed by atoms with Gasteiger partial charge in [0.2, 0.25) is 0 Å². The third kappa shape index (κ3) is 2.63. The minimum absolute atomic E-state index is 0.0729. The molecule has 0 bridgehead atoms. The van der Waals surface area contributed by atoms with Gasteiger partial charge in [0.25, 0.3) is 0 Å². The number of hydrogen-bond acceptors (Lipinski definition) is 9. The predicted molar refractivity (Wildman–Crippen MR) is 85.5 cm³/mol.